The Labute approximate surface area is 184 Å². The van der Waals surface area contributed by atoms with Gasteiger partial charge >= 0.3 is 0 Å². The maximum atomic E-state index is 14.3. The minimum atomic E-state index is -0.756. The Balaban J connectivity index is 0.000000269. The Morgan fingerprint density at radius 3 is 2.03 bits per heavy atom. The van der Waals surface area contributed by atoms with Crippen LogP contribution in [0, 0.1) is 30.2 Å². The number of phenols is 1. The van der Waals surface area contributed by atoms with Crippen LogP contribution in [0.5, 0.6) is 11.5 Å². The molecule has 0 spiro atoms. The van der Waals surface area contributed by atoms with E-state index in [2.05, 4.69) is 5.32 Å². The van der Waals surface area contributed by atoms with Crippen molar-refractivity contribution in [2.45, 2.75) is 38.7 Å². The normalized spacial score (nSPS) is 13.4. The lowest BCUT2D eigenvalue weighted by Crippen LogP contribution is -2.10. The fraction of sp³-hybridized carbons (Fsp3) is 0.280. The largest absolute Gasteiger partial charge is 0.508 e. The van der Waals surface area contributed by atoms with Gasteiger partial charge in [-0.1, -0.05) is 6.07 Å². The molecule has 0 aliphatic heterocycles. The van der Waals surface area contributed by atoms with E-state index in [1.165, 1.54) is 31.3 Å². The summed E-state index contributed by atoms with van der Waals surface area (Å²) in [5, 5.41) is 11.1. The minimum Gasteiger partial charge on any atom is -0.508 e. The van der Waals surface area contributed by atoms with Crippen LogP contribution in [0.15, 0.2) is 48.5 Å². The van der Waals surface area contributed by atoms with Crippen molar-refractivity contribution in [1.29, 1.82) is 0 Å². The number of benzene rings is 3. The topological polar surface area (TPSA) is 41.5 Å². The first-order chi connectivity index (χ1) is 15.3. The maximum Gasteiger partial charge on any atom is 0.149 e. The second-order valence-electron chi connectivity index (χ2n) is 7.66. The second kappa shape index (κ2) is 10.4. The Kier molecular flexibility index (Phi) is 7.62. The molecule has 0 unspecified atom stereocenters. The van der Waals surface area contributed by atoms with Gasteiger partial charge in [0.25, 0.3) is 0 Å². The summed E-state index contributed by atoms with van der Waals surface area (Å²) >= 11 is 0. The van der Waals surface area contributed by atoms with E-state index in [0.717, 1.165) is 43.9 Å². The van der Waals surface area contributed by atoms with E-state index in [4.69, 9.17) is 9.84 Å². The number of anilines is 1. The van der Waals surface area contributed by atoms with Crippen LogP contribution in [-0.4, -0.2) is 18.3 Å². The number of aryl methyl sites for hydroxylation is 1. The summed E-state index contributed by atoms with van der Waals surface area (Å²) < 4.78 is 60.1. The molecule has 1 aliphatic rings. The number of aromatic hydroxyl groups is 1. The zero-order valence-electron chi connectivity index (χ0n) is 17.9. The quantitative estimate of drug-likeness (QED) is 0.424. The van der Waals surface area contributed by atoms with Crippen LogP contribution in [0.2, 0.25) is 0 Å². The van der Waals surface area contributed by atoms with Crippen LogP contribution in [0.1, 0.15) is 31.2 Å². The first kappa shape index (κ1) is 23.4. The lowest BCUT2D eigenvalue weighted by Gasteiger charge is -2.14. The summed E-state index contributed by atoms with van der Waals surface area (Å²) in [6, 6.07) is 10.7. The number of hydrogen-bond acceptors (Lipinski definition) is 3. The maximum absolute atomic E-state index is 14.3. The molecule has 0 radical (unpaired) electrons. The molecule has 3 aromatic carbocycles. The average molecular weight is 447 g/mol. The molecule has 1 saturated carbocycles. The van der Waals surface area contributed by atoms with Gasteiger partial charge in [-0.3, -0.25) is 0 Å². The van der Waals surface area contributed by atoms with E-state index in [-0.39, 0.29) is 34.5 Å². The standard InChI is InChI=1S/C18H18F3NO.C7H7FO/c1-22-18-16(20)8-11(9-17(18)21)14-7-6-13(10-15(14)19)23-12-4-2-3-5-12;1-5-2-3-6(9)4-7(5)8/h6-10,12,22H,2-5H2,1H3;2-4,9H,1H3. The van der Waals surface area contributed by atoms with Crippen molar-refractivity contribution in [2.75, 3.05) is 12.4 Å². The second-order valence-corrected chi connectivity index (χ2v) is 7.66. The molecule has 170 valence electrons. The molecule has 0 bridgehead atoms. The number of halogens is 4. The highest BCUT2D eigenvalue weighted by Gasteiger charge is 2.18. The molecule has 1 aliphatic carbocycles. The highest BCUT2D eigenvalue weighted by atomic mass is 19.1. The van der Waals surface area contributed by atoms with E-state index in [9.17, 15) is 17.6 Å². The van der Waals surface area contributed by atoms with Gasteiger partial charge in [-0.05, 0) is 74.1 Å². The van der Waals surface area contributed by atoms with E-state index in [1.807, 2.05) is 0 Å². The molecule has 3 nitrogen and oxygen atoms in total. The monoisotopic (exact) mass is 447 g/mol. The van der Waals surface area contributed by atoms with E-state index < -0.39 is 17.5 Å². The molecule has 0 amide bonds. The van der Waals surface area contributed by atoms with Gasteiger partial charge in [0, 0.05) is 24.7 Å². The average Bonchev–Trinajstić information content (AvgIpc) is 3.24. The summed E-state index contributed by atoms with van der Waals surface area (Å²) in [5.74, 6) is -2.02. The number of phenolic OH excluding ortho intramolecular Hbond substituents is 1. The van der Waals surface area contributed by atoms with Crippen molar-refractivity contribution in [3.8, 4) is 22.6 Å². The van der Waals surface area contributed by atoms with E-state index in [0.29, 0.717) is 11.3 Å². The van der Waals surface area contributed by atoms with Crippen LogP contribution in [-0.2, 0) is 0 Å². The smallest absolute Gasteiger partial charge is 0.149 e. The summed E-state index contributed by atoms with van der Waals surface area (Å²) in [6.45, 7) is 1.65. The fourth-order valence-corrected chi connectivity index (χ4v) is 3.55. The van der Waals surface area contributed by atoms with Crippen molar-refractivity contribution in [2.24, 2.45) is 0 Å². The number of rotatable bonds is 4. The molecule has 0 atom stereocenters. The molecule has 32 heavy (non-hydrogen) atoms. The number of hydrogen-bond donors (Lipinski definition) is 2. The highest BCUT2D eigenvalue weighted by molar-refractivity contribution is 5.68. The number of nitrogens with one attached hydrogen (secondary N) is 1. The van der Waals surface area contributed by atoms with Crippen molar-refractivity contribution in [1.82, 2.24) is 0 Å². The van der Waals surface area contributed by atoms with Gasteiger partial charge in [0.15, 0.2) is 0 Å². The first-order valence-corrected chi connectivity index (χ1v) is 10.4. The third-order valence-electron chi connectivity index (χ3n) is 5.30. The third kappa shape index (κ3) is 5.72. The molecule has 7 heteroatoms. The molecule has 0 heterocycles. The van der Waals surface area contributed by atoms with Crippen molar-refractivity contribution < 1.29 is 27.4 Å². The van der Waals surface area contributed by atoms with Crippen molar-refractivity contribution >= 4 is 5.69 Å². The minimum absolute atomic E-state index is 0.0295. The van der Waals surface area contributed by atoms with Gasteiger partial charge < -0.3 is 15.2 Å². The van der Waals surface area contributed by atoms with Gasteiger partial charge in [0.05, 0.1) is 6.10 Å². The molecular formula is C25H25F4NO2. The predicted molar refractivity (Wildman–Crippen MR) is 117 cm³/mol. The summed E-state index contributed by atoms with van der Waals surface area (Å²) in [5.41, 5.74) is 0.622. The van der Waals surface area contributed by atoms with Crippen LogP contribution < -0.4 is 10.1 Å². The Morgan fingerprint density at radius 2 is 1.50 bits per heavy atom. The zero-order valence-corrected chi connectivity index (χ0v) is 17.9. The molecule has 0 aromatic heterocycles. The molecule has 4 rings (SSSR count). The fourth-order valence-electron chi connectivity index (χ4n) is 3.55. The first-order valence-electron chi connectivity index (χ1n) is 10.4. The third-order valence-corrected chi connectivity index (χ3v) is 5.30. The van der Waals surface area contributed by atoms with Gasteiger partial charge in [0.1, 0.15) is 40.5 Å². The molecule has 2 N–H and O–H groups in total. The SMILES string of the molecule is CNc1c(F)cc(-c2ccc(OC3CCCC3)cc2F)cc1F.Cc1ccc(O)cc1F. The van der Waals surface area contributed by atoms with Gasteiger partial charge in [-0.2, -0.15) is 0 Å². The molecule has 3 aromatic rings. The zero-order chi connectivity index (χ0) is 23.3. The molecular weight excluding hydrogens is 422 g/mol. The Bertz CT molecular complexity index is 1060. The Hall–Kier alpha value is -3.22. The Morgan fingerprint density at radius 1 is 0.844 bits per heavy atom. The highest BCUT2D eigenvalue weighted by Crippen LogP contribution is 2.32. The number of ether oxygens (including phenoxy) is 1. The van der Waals surface area contributed by atoms with Gasteiger partial charge in [0.2, 0.25) is 0 Å². The summed E-state index contributed by atoms with van der Waals surface area (Å²) in [7, 11) is 1.43. The van der Waals surface area contributed by atoms with Crippen LogP contribution in [0.25, 0.3) is 11.1 Å². The lowest BCUT2D eigenvalue weighted by atomic mass is 10.0. The van der Waals surface area contributed by atoms with Crippen LogP contribution in [0.4, 0.5) is 23.2 Å². The van der Waals surface area contributed by atoms with E-state index in [1.54, 1.807) is 13.0 Å². The van der Waals surface area contributed by atoms with Crippen LogP contribution >= 0.6 is 0 Å². The van der Waals surface area contributed by atoms with Gasteiger partial charge in [-0.25, -0.2) is 17.6 Å². The predicted octanol–water partition coefficient (Wildman–Crippen LogP) is 6.97. The van der Waals surface area contributed by atoms with Crippen molar-refractivity contribution in [3.05, 3.63) is 77.4 Å². The summed E-state index contributed by atoms with van der Waals surface area (Å²) in [4.78, 5) is 0. The molecule has 0 saturated heterocycles. The van der Waals surface area contributed by atoms with Gasteiger partial charge in [-0.15, -0.1) is 0 Å². The van der Waals surface area contributed by atoms with Crippen LogP contribution in [0.3, 0.4) is 0 Å². The summed E-state index contributed by atoms with van der Waals surface area (Å²) in [6.07, 6.45) is 4.34. The van der Waals surface area contributed by atoms with E-state index >= 15 is 0 Å². The van der Waals surface area contributed by atoms with Crippen molar-refractivity contribution in [3.63, 3.8) is 0 Å². The lowest BCUT2D eigenvalue weighted by molar-refractivity contribution is 0.209. The molecule has 1 fully saturated rings.